The number of aromatic nitrogens is 2. The van der Waals surface area contributed by atoms with Crippen LogP contribution in [0.25, 0.3) is 22.3 Å². The molecule has 0 N–H and O–H groups in total. The van der Waals surface area contributed by atoms with Gasteiger partial charge in [-0.05, 0) is 55.5 Å². The Labute approximate surface area is 165 Å². The van der Waals surface area contributed by atoms with Gasteiger partial charge >= 0.3 is 5.97 Å². The van der Waals surface area contributed by atoms with E-state index in [0.29, 0.717) is 17.0 Å². The molecule has 1 aromatic heterocycles. The van der Waals surface area contributed by atoms with Crippen molar-refractivity contribution in [3.8, 4) is 17.0 Å². The fourth-order valence-electron chi connectivity index (χ4n) is 2.94. The number of nitrogens with zero attached hydrogens (tertiary/aromatic N) is 3. The minimum Gasteiger partial charge on any atom is -0.423 e. The number of aryl methyl sites for hydroxylation is 1. The standard InChI is InChI=1S/C22H15N3O4/c1-14-12-16(8-11-21(14)25(27)28)22(26)29-17-9-6-15(7-10-17)20-13-23-18-4-2-3-5-19(18)24-20/h2-13H,1H3. The Morgan fingerprint density at radius 3 is 2.41 bits per heavy atom. The van der Waals surface area contributed by atoms with Gasteiger partial charge in [-0.1, -0.05) is 12.1 Å². The third-order valence-electron chi connectivity index (χ3n) is 4.44. The molecule has 0 saturated heterocycles. The lowest BCUT2D eigenvalue weighted by Crippen LogP contribution is -2.09. The summed E-state index contributed by atoms with van der Waals surface area (Å²) in [5.41, 5.74) is 3.78. The Morgan fingerprint density at radius 2 is 1.72 bits per heavy atom. The molecule has 3 aromatic carbocycles. The van der Waals surface area contributed by atoms with E-state index in [1.807, 2.05) is 24.3 Å². The normalized spacial score (nSPS) is 10.7. The zero-order valence-corrected chi connectivity index (χ0v) is 15.4. The second-order valence-corrected chi connectivity index (χ2v) is 6.42. The summed E-state index contributed by atoms with van der Waals surface area (Å²) in [6.45, 7) is 1.58. The van der Waals surface area contributed by atoms with Crippen LogP contribution in [0, 0.1) is 17.0 Å². The molecular formula is C22H15N3O4. The van der Waals surface area contributed by atoms with Crippen LogP contribution in [0.3, 0.4) is 0 Å². The zero-order valence-electron chi connectivity index (χ0n) is 15.4. The summed E-state index contributed by atoms with van der Waals surface area (Å²) in [7, 11) is 0. The maximum Gasteiger partial charge on any atom is 0.343 e. The number of nitro groups is 1. The lowest BCUT2D eigenvalue weighted by molar-refractivity contribution is -0.385. The first-order valence-corrected chi connectivity index (χ1v) is 8.81. The first-order chi connectivity index (χ1) is 14.0. The van der Waals surface area contributed by atoms with Gasteiger partial charge in [0.25, 0.3) is 5.69 Å². The topological polar surface area (TPSA) is 95.2 Å². The maximum absolute atomic E-state index is 12.3. The van der Waals surface area contributed by atoms with E-state index >= 15 is 0 Å². The number of carbonyl (C=O) groups excluding carboxylic acids is 1. The Morgan fingerprint density at radius 1 is 1.00 bits per heavy atom. The van der Waals surface area contributed by atoms with E-state index < -0.39 is 10.9 Å². The highest BCUT2D eigenvalue weighted by Crippen LogP contribution is 2.24. The monoisotopic (exact) mass is 385 g/mol. The van der Waals surface area contributed by atoms with Crippen molar-refractivity contribution >= 4 is 22.7 Å². The van der Waals surface area contributed by atoms with Crippen LogP contribution in [0.4, 0.5) is 5.69 Å². The van der Waals surface area contributed by atoms with Crippen LogP contribution < -0.4 is 4.74 Å². The lowest BCUT2D eigenvalue weighted by Gasteiger charge is -2.07. The number of para-hydroxylation sites is 2. The molecule has 0 spiro atoms. The molecule has 0 aliphatic heterocycles. The summed E-state index contributed by atoms with van der Waals surface area (Å²) in [4.78, 5) is 31.7. The van der Waals surface area contributed by atoms with Gasteiger partial charge in [0.05, 0.1) is 33.4 Å². The van der Waals surface area contributed by atoms with Gasteiger partial charge in [0.15, 0.2) is 0 Å². The zero-order chi connectivity index (χ0) is 20.4. The van der Waals surface area contributed by atoms with Crippen LogP contribution in [0.1, 0.15) is 15.9 Å². The van der Waals surface area contributed by atoms with Crippen LogP contribution in [0.2, 0.25) is 0 Å². The van der Waals surface area contributed by atoms with Crippen molar-refractivity contribution in [3.63, 3.8) is 0 Å². The summed E-state index contributed by atoms with van der Waals surface area (Å²) in [6.07, 6.45) is 1.70. The number of carbonyl (C=O) groups is 1. The first kappa shape index (κ1) is 18.2. The summed E-state index contributed by atoms with van der Waals surface area (Å²) in [5.74, 6) is -0.218. The Hall–Kier alpha value is -4.13. The van der Waals surface area contributed by atoms with Crippen molar-refractivity contribution in [2.45, 2.75) is 6.92 Å². The molecule has 29 heavy (non-hydrogen) atoms. The number of esters is 1. The van der Waals surface area contributed by atoms with Gasteiger partial charge in [-0.2, -0.15) is 0 Å². The second kappa shape index (κ2) is 7.47. The van der Waals surface area contributed by atoms with Crippen molar-refractivity contribution in [3.05, 3.63) is 94.2 Å². The van der Waals surface area contributed by atoms with Crippen LogP contribution in [0.15, 0.2) is 72.9 Å². The predicted molar refractivity (Wildman–Crippen MR) is 108 cm³/mol. The molecule has 0 amide bonds. The molecule has 7 heteroatoms. The molecule has 0 aliphatic carbocycles. The molecule has 7 nitrogen and oxygen atoms in total. The largest absolute Gasteiger partial charge is 0.423 e. The van der Waals surface area contributed by atoms with E-state index in [1.54, 1.807) is 37.4 Å². The van der Waals surface area contributed by atoms with Crippen molar-refractivity contribution in [1.82, 2.24) is 9.97 Å². The summed E-state index contributed by atoms with van der Waals surface area (Å²) >= 11 is 0. The van der Waals surface area contributed by atoms with Crippen molar-refractivity contribution < 1.29 is 14.5 Å². The maximum atomic E-state index is 12.3. The predicted octanol–water partition coefficient (Wildman–Crippen LogP) is 4.73. The number of hydrogen-bond donors (Lipinski definition) is 0. The summed E-state index contributed by atoms with van der Waals surface area (Å²) in [6, 6.07) is 18.7. The molecule has 0 atom stereocenters. The summed E-state index contributed by atoms with van der Waals surface area (Å²) < 4.78 is 5.37. The number of ether oxygens (including phenoxy) is 1. The van der Waals surface area contributed by atoms with Crippen molar-refractivity contribution in [2.24, 2.45) is 0 Å². The van der Waals surface area contributed by atoms with Crippen LogP contribution in [0.5, 0.6) is 5.75 Å². The van der Waals surface area contributed by atoms with E-state index in [-0.39, 0.29) is 11.3 Å². The highest BCUT2D eigenvalue weighted by Gasteiger charge is 2.15. The number of benzene rings is 3. The fourth-order valence-corrected chi connectivity index (χ4v) is 2.94. The van der Waals surface area contributed by atoms with E-state index in [0.717, 1.165) is 16.6 Å². The number of hydrogen-bond acceptors (Lipinski definition) is 6. The molecule has 4 rings (SSSR count). The quantitative estimate of drug-likeness (QED) is 0.218. The number of nitro benzene ring substituents is 1. The van der Waals surface area contributed by atoms with E-state index in [1.165, 1.54) is 18.2 Å². The summed E-state index contributed by atoms with van der Waals surface area (Å²) in [5, 5.41) is 10.9. The van der Waals surface area contributed by atoms with Gasteiger partial charge in [-0.25, -0.2) is 9.78 Å². The molecule has 0 bridgehead atoms. The molecule has 0 unspecified atom stereocenters. The third kappa shape index (κ3) is 3.79. The molecule has 4 aromatic rings. The fraction of sp³-hybridized carbons (Fsp3) is 0.0455. The highest BCUT2D eigenvalue weighted by atomic mass is 16.6. The average molecular weight is 385 g/mol. The lowest BCUT2D eigenvalue weighted by atomic mass is 10.1. The van der Waals surface area contributed by atoms with E-state index in [9.17, 15) is 14.9 Å². The minimum absolute atomic E-state index is 0.0394. The van der Waals surface area contributed by atoms with E-state index in [2.05, 4.69) is 9.97 Å². The third-order valence-corrected chi connectivity index (χ3v) is 4.44. The number of fused-ring (bicyclic) bond motifs is 1. The van der Waals surface area contributed by atoms with Gasteiger partial charge in [-0.3, -0.25) is 15.1 Å². The SMILES string of the molecule is Cc1cc(C(=O)Oc2ccc(-c3cnc4ccccc4n3)cc2)ccc1[N+](=O)[O-]. The number of rotatable bonds is 4. The van der Waals surface area contributed by atoms with Gasteiger partial charge in [0.1, 0.15) is 5.75 Å². The van der Waals surface area contributed by atoms with Gasteiger partial charge in [-0.15, -0.1) is 0 Å². The molecule has 0 radical (unpaired) electrons. The first-order valence-electron chi connectivity index (χ1n) is 8.81. The van der Waals surface area contributed by atoms with E-state index in [4.69, 9.17) is 4.74 Å². The van der Waals surface area contributed by atoms with Gasteiger partial charge in [0.2, 0.25) is 0 Å². The smallest absolute Gasteiger partial charge is 0.343 e. The van der Waals surface area contributed by atoms with Crippen LogP contribution in [-0.4, -0.2) is 20.9 Å². The molecule has 0 aliphatic rings. The second-order valence-electron chi connectivity index (χ2n) is 6.42. The molecule has 0 fully saturated rings. The highest BCUT2D eigenvalue weighted by molar-refractivity contribution is 5.91. The van der Waals surface area contributed by atoms with Crippen LogP contribution >= 0.6 is 0 Å². The van der Waals surface area contributed by atoms with Gasteiger partial charge in [0, 0.05) is 17.2 Å². The van der Waals surface area contributed by atoms with Gasteiger partial charge < -0.3 is 4.74 Å². The average Bonchev–Trinajstić information content (AvgIpc) is 2.73. The van der Waals surface area contributed by atoms with Crippen LogP contribution in [-0.2, 0) is 0 Å². The molecule has 1 heterocycles. The molecular weight excluding hydrogens is 370 g/mol. The molecule has 142 valence electrons. The Bertz CT molecular complexity index is 1240. The Balaban J connectivity index is 1.52. The Kier molecular flexibility index (Phi) is 4.70. The minimum atomic E-state index is -0.582. The molecule has 0 saturated carbocycles. The van der Waals surface area contributed by atoms with Crippen molar-refractivity contribution in [1.29, 1.82) is 0 Å². The van der Waals surface area contributed by atoms with Crippen molar-refractivity contribution in [2.75, 3.05) is 0 Å².